The number of rotatable bonds is 5. The summed E-state index contributed by atoms with van der Waals surface area (Å²) in [6, 6.07) is 8.05. The van der Waals surface area contributed by atoms with Crippen molar-refractivity contribution < 1.29 is 18.7 Å². The van der Waals surface area contributed by atoms with E-state index in [0.29, 0.717) is 19.6 Å². The lowest BCUT2D eigenvalue weighted by molar-refractivity contribution is -0.196. The smallest absolute Gasteiger partial charge is 0.242 e. The molecule has 1 heterocycles. The van der Waals surface area contributed by atoms with Crippen molar-refractivity contribution in [2.24, 2.45) is 5.92 Å². The van der Waals surface area contributed by atoms with Gasteiger partial charge in [0.25, 0.3) is 0 Å². The summed E-state index contributed by atoms with van der Waals surface area (Å²) in [5.74, 6) is 0.790. The molecule has 1 aromatic rings. The number of aldehydes is 1. The molecule has 110 valence electrons. The molecule has 0 radical (unpaired) electrons. The third kappa shape index (κ3) is 4.74. The van der Waals surface area contributed by atoms with Gasteiger partial charge in [-0.1, -0.05) is 12.1 Å². The molecule has 0 aromatic heterocycles. The van der Waals surface area contributed by atoms with Crippen LogP contribution in [0.2, 0.25) is 19.6 Å². The molecule has 1 aliphatic rings. The van der Waals surface area contributed by atoms with E-state index in [0.717, 1.165) is 17.6 Å². The first-order chi connectivity index (χ1) is 9.46. The highest BCUT2D eigenvalue weighted by Gasteiger charge is 2.22. The van der Waals surface area contributed by atoms with Gasteiger partial charge in [-0.15, -0.1) is 0 Å². The maximum atomic E-state index is 10.6. The molecule has 0 unspecified atom stereocenters. The topological polar surface area (TPSA) is 44.8 Å². The van der Waals surface area contributed by atoms with Crippen LogP contribution in [-0.4, -0.2) is 34.1 Å². The van der Waals surface area contributed by atoms with Gasteiger partial charge in [-0.25, -0.2) is 0 Å². The summed E-state index contributed by atoms with van der Waals surface area (Å²) in [6.07, 6.45) is 1.33. The van der Waals surface area contributed by atoms with Gasteiger partial charge >= 0.3 is 0 Å². The van der Waals surface area contributed by atoms with Crippen molar-refractivity contribution >= 4 is 14.6 Å². The Bertz CT molecular complexity index is 430. The minimum absolute atomic E-state index is 0.126. The summed E-state index contributed by atoms with van der Waals surface area (Å²) in [5, 5.41) is 0. The average Bonchev–Trinajstić information content (AvgIpc) is 2.40. The van der Waals surface area contributed by atoms with E-state index < -0.39 is 8.32 Å². The third-order valence-corrected chi connectivity index (χ3v) is 3.78. The summed E-state index contributed by atoms with van der Waals surface area (Å²) in [7, 11) is -1.55. The van der Waals surface area contributed by atoms with Crippen molar-refractivity contribution in [2.45, 2.75) is 32.4 Å². The fourth-order valence-corrected chi connectivity index (χ4v) is 2.84. The number of carbonyl (C=O) groups is 1. The van der Waals surface area contributed by atoms with Crippen LogP contribution in [0.15, 0.2) is 24.3 Å². The van der Waals surface area contributed by atoms with Gasteiger partial charge in [0, 0.05) is 6.42 Å². The molecule has 1 aliphatic heterocycles. The van der Waals surface area contributed by atoms with Gasteiger partial charge in [0.15, 0.2) is 6.29 Å². The van der Waals surface area contributed by atoms with E-state index in [2.05, 4.69) is 19.6 Å². The Morgan fingerprint density at radius 1 is 1.20 bits per heavy atom. The maximum Gasteiger partial charge on any atom is 0.242 e. The maximum absolute atomic E-state index is 10.6. The van der Waals surface area contributed by atoms with Crippen LogP contribution in [0.1, 0.15) is 5.56 Å². The molecule has 0 aliphatic carbocycles. The Morgan fingerprint density at radius 2 is 1.80 bits per heavy atom. The van der Waals surface area contributed by atoms with E-state index in [1.807, 2.05) is 24.3 Å². The monoisotopic (exact) mass is 294 g/mol. The number of ether oxygens (including phenoxy) is 2. The van der Waals surface area contributed by atoms with E-state index in [9.17, 15) is 4.79 Å². The Balaban J connectivity index is 1.86. The van der Waals surface area contributed by atoms with Crippen molar-refractivity contribution in [1.82, 2.24) is 0 Å². The van der Waals surface area contributed by atoms with Gasteiger partial charge in [0.1, 0.15) is 12.0 Å². The van der Waals surface area contributed by atoms with Crippen LogP contribution >= 0.6 is 0 Å². The minimum atomic E-state index is -1.55. The largest absolute Gasteiger partial charge is 0.544 e. The van der Waals surface area contributed by atoms with Crippen LogP contribution in [0.4, 0.5) is 0 Å². The van der Waals surface area contributed by atoms with Crippen molar-refractivity contribution in [3.63, 3.8) is 0 Å². The lowest BCUT2D eigenvalue weighted by atomic mass is 10.1. The molecule has 0 amide bonds. The summed E-state index contributed by atoms with van der Waals surface area (Å²) in [4.78, 5) is 10.6. The van der Waals surface area contributed by atoms with E-state index >= 15 is 0 Å². The zero-order chi connectivity index (χ0) is 14.6. The predicted octanol–water partition coefficient (Wildman–Crippen LogP) is 2.63. The normalized spacial score (nSPS) is 23.4. The Kier molecular flexibility index (Phi) is 4.96. The Hall–Kier alpha value is -1.17. The van der Waals surface area contributed by atoms with Crippen molar-refractivity contribution in [3.8, 4) is 5.75 Å². The molecule has 0 atom stereocenters. The first-order valence-electron chi connectivity index (χ1n) is 6.93. The molecule has 2 rings (SSSR count). The van der Waals surface area contributed by atoms with Crippen LogP contribution in [0.5, 0.6) is 5.75 Å². The quantitative estimate of drug-likeness (QED) is 0.618. The average molecular weight is 294 g/mol. The molecular formula is C15H22O4Si. The number of carbonyl (C=O) groups excluding carboxylic acids is 1. The standard InChI is InChI=1S/C15H22O4Si/c1-20(2,3)19-14-6-4-12(5-7-14)8-15-17-10-13(9-16)11-18-15/h4-7,9,13,15H,8,10-11H2,1-3H3. The summed E-state index contributed by atoms with van der Waals surface area (Å²) >= 11 is 0. The molecule has 1 fully saturated rings. The number of benzene rings is 1. The molecular weight excluding hydrogens is 272 g/mol. The lowest BCUT2D eigenvalue weighted by Gasteiger charge is -2.26. The molecule has 5 heteroatoms. The molecule has 4 nitrogen and oxygen atoms in total. The van der Waals surface area contributed by atoms with Crippen molar-refractivity contribution in [3.05, 3.63) is 29.8 Å². The minimum Gasteiger partial charge on any atom is -0.544 e. The van der Waals surface area contributed by atoms with Gasteiger partial charge in [-0.05, 0) is 37.3 Å². The second kappa shape index (κ2) is 6.52. The van der Waals surface area contributed by atoms with E-state index in [-0.39, 0.29) is 12.2 Å². The third-order valence-electron chi connectivity index (χ3n) is 2.93. The van der Waals surface area contributed by atoms with Crippen molar-refractivity contribution in [2.75, 3.05) is 13.2 Å². The first-order valence-corrected chi connectivity index (χ1v) is 10.3. The Labute approximate surface area is 121 Å². The van der Waals surface area contributed by atoms with Gasteiger partial charge in [0.05, 0.1) is 19.1 Å². The predicted molar refractivity (Wildman–Crippen MR) is 79.4 cm³/mol. The van der Waals surface area contributed by atoms with E-state index in [4.69, 9.17) is 13.9 Å². The summed E-state index contributed by atoms with van der Waals surface area (Å²) in [6.45, 7) is 7.38. The van der Waals surface area contributed by atoms with Gasteiger partial charge in [-0.3, -0.25) is 0 Å². The summed E-state index contributed by atoms with van der Waals surface area (Å²) < 4.78 is 16.9. The van der Waals surface area contributed by atoms with Gasteiger partial charge in [-0.2, -0.15) is 0 Å². The van der Waals surface area contributed by atoms with Crippen LogP contribution in [0.25, 0.3) is 0 Å². The molecule has 0 saturated carbocycles. The van der Waals surface area contributed by atoms with Crippen LogP contribution in [-0.2, 0) is 20.7 Å². The molecule has 1 aromatic carbocycles. The van der Waals surface area contributed by atoms with E-state index in [1.54, 1.807) is 0 Å². The zero-order valence-electron chi connectivity index (χ0n) is 12.3. The fourth-order valence-electron chi connectivity index (χ4n) is 1.99. The first kappa shape index (κ1) is 15.2. The molecule has 20 heavy (non-hydrogen) atoms. The molecule has 0 bridgehead atoms. The van der Waals surface area contributed by atoms with Crippen LogP contribution < -0.4 is 4.43 Å². The number of hydrogen-bond donors (Lipinski definition) is 0. The van der Waals surface area contributed by atoms with Crippen LogP contribution in [0.3, 0.4) is 0 Å². The van der Waals surface area contributed by atoms with Crippen LogP contribution in [0, 0.1) is 5.92 Å². The Morgan fingerprint density at radius 3 is 2.30 bits per heavy atom. The highest BCUT2D eigenvalue weighted by atomic mass is 28.4. The second-order valence-corrected chi connectivity index (χ2v) is 10.5. The van der Waals surface area contributed by atoms with Gasteiger partial charge < -0.3 is 18.7 Å². The van der Waals surface area contributed by atoms with Crippen molar-refractivity contribution in [1.29, 1.82) is 0 Å². The highest BCUT2D eigenvalue weighted by molar-refractivity contribution is 6.70. The zero-order valence-corrected chi connectivity index (χ0v) is 13.3. The molecule has 0 spiro atoms. The lowest BCUT2D eigenvalue weighted by Crippen LogP contribution is -2.34. The van der Waals surface area contributed by atoms with Gasteiger partial charge in [0.2, 0.25) is 8.32 Å². The summed E-state index contributed by atoms with van der Waals surface area (Å²) in [5.41, 5.74) is 1.14. The second-order valence-electron chi connectivity index (χ2n) is 6.05. The van der Waals surface area contributed by atoms with E-state index in [1.165, 1.54) is 0 Å². The highest BCUT2D eigenvalue weighted by Crippen LogP contribution is 2.19. The molecule has 1 saturated heterocycles. The SMILES string of the molecule is C[Si](C)(C)Oc1ccc(CC2OCC(C=O)CO2)cc1. The number of hydrogen-bond acceptors (Lipinski definition) is 4. The molecule has 0 N–H and O–H groups in total. The fraction of sp³-hybridized carbons (Fsp3) is 0.533.